The SMILES string of the molecule is Cc1cc(C)c2nc(NC(=O)c3n[nH]c4c3CNCC4)sc2c1.Cl. The fourth-order valence-electron chi connectivity index (χ4n) is 2.99. The van der Waals surface area contributed by atoms with Gasteiger partial charge in [0, 0.05) is 30.8 Å². The summed E-state index contributed by atoms with van der Waals surface area (Å²) in [6, 6.07) is 4.19. The van der Waals surface area contributed by atoms with Gasteiger partial charge in [-0.05, 0) is 31.0 Å². The highest BCUT2D eigenvalue weighted by Crippen LogP contribution is 2.29. The molecule has 0 saturated carbocycles. The van der Waals surface area contributed by atoms with Gasteiger partial charge in [-0.3, -0.25) is 15.2 Å². The third-order valence-corrected chi connectivity index (χ3v) is 4.99. The van der Waals surface area contributed by atoms with Gasteiger partial charge in [-0.15, -0.1) is 12.4 Å². The van der Waals surface area contributed by atoms with Crippen molar-refractivity contribution in [1.82, 2.24) is 20.5 Å². The van der Waals surface area contributed by atoms with Crippen molar-refractivity contribution in [1.29, 1.82) is 0 Å². The van der Waals surface area contributed by atoms with E-state index >= 15 is 0 Å². The molecule has 0 spiro atoms. The number of nitrogens with zero attached hydrogens (tertiary/aromatic N) is 2. The third-order valence-electron chi connectivity index (χ3n) is 4.07. The number of carbonyl (C=O) groups is 1. The molecule has 6 nitrogen and oxygen atoms in total. The lowest BCUT2D eigenvalue weighted by Gasteiger charge is -2.12. The van der Waals surface area contributed by atoms with Gasteiger partial charge in [0.05, 0.1) is 10.2 Å². The first-order valence-electron chi connectivity index (χ1n) is 7.58. The number of aryl methyl sites for hydroxylation is 2. The molecule has 0 fully saturated rings. The number of thiazole rings is 1. The van der Waals surface area contributed by atoms with Gasteiger partial charge in [0.1, 0.15) is 0 Å². The molecule has 8 heteroatoms. The summed E-state index contributed by atoms with van der Waals surface area (Å²) in [6.07, 6.45) is 0.870. The smallest absolute Gasteiger partial charge is 0.278 e. The van der Waals surface area contributed by atoms with Crippen molar-refractivity contribution in [2.24, 2.45) is 0 Å². The molecule has 3 aromatic rings. The minimum Gasteiger partial charge on any atom is -0.312 e. The number of aromatic nitrogens is 3. The van der Waals surface area contributed by atoms with Crippen LogP contribution in [0.2, 0.25) is 0 Å². The van der Waals surface area contributed by atoms with Gasteiger partial charge in [-0.2, -0.15) is 5.10 Å². The number of halogens is 1. The monoisotopic (exact) mass is 363 g/mol. The number of H-pyrrole nitrogens is 1. The first-order valence-corrected chi connectivity index (χ1v) is 8.39. The number of fused-ring (bicyclic) bond motifs is 2. The number of amides is 1. The minimum absolute atomic E-state index is 0. The molecular weight excluding hydrogens is 346 g/mol. The topological polar surface area (TPSA) is 82.7 Å². The van der Waals surface area contributed by atoms with Crippen LogP contribution in [0.4, 0.5) is 5.13 Å². The largest absolute Gasteiger partial charge is 0.312 e. The molecule has 1 aliphatic heterocycles. The van der Waals surface area contributed by atoms with Crippen LogP contribution in [0.15, 0.2) is 12.1 Å². The minimum atomic E-state index is -0.209. The van der Waals surface area contributed by atoms with E-state index in [1.54, 1.807) is 0 Å². The second-order valence-electron chi connectivity index (χ2n) is 5.86. The van der Waals surface area contributed by atoms with E-state index in [0.29, 0.717) is 17.4 Å². The molecule has 0 saturated heterocycles. The number of aromatic amines is 1. The maximum Gasteiger partial charge on any atom is 0.278 e. The average molecular weight is 364 g/mol. The molecule has 126 valence electrons. The Balaban J connectivity index is 0.00000169. The summed E-state index contributed by atoms with van der Waals surface area (Å²) in [6.45, 7) is 5.68. The molecule has 0 unspecified atom stereocenters. The predicted molar refractivity (Wildman–Crippen MR) is 98.3 cm³/mol. The summed E-state index contributed by atoms with van der Waals surface area (Å²) in [5.74, 6) is -0.209. The predicted octanol–water partition coefficient (Wildman–Crippen LogP) is 2.96. The van der Waals surface area contributed by atoms with Crippen LogP contribution < -0.4 is 10.6 Å². The highest BCUT2D eigenvalue weighted by Gasteiger charge is 2.22. The molecule has 0 aliphatic carbocycles. The summed E-state index contributed by atoms with van der Waals surface area (Å²) in [4.78, 5) is 17.1. The van der Waals surface area contributed by atoms with Crippen LogP contribution in [0, 0.1) is 13.8 Å². The van der Waals surface area contributed by atoms with Crippen LogP contribution in [0.5, 0.6) is 0 Å². The Morgan fingerprint density at radius 2 is 2.17 bits per heavy atom. The van der Waals surface area contributed by atoms with Gasteiger partial charge in [0.15, 0.2) is 10.8 Å². The first kappa shape index (κ1) is 16.9. The van der Waals surface area contributed by atoms with Crippen molar-refractivity contribution < 1.29 is 4.79 Å². The summed E-state index contributed by atoms with van der Waals surface area (Å²) >= 11 is 1.49. The van der Waals surface area contributed by atoms with Crippen molar-refractivity contribution in [3.8, 4) is 0 Å². The average Bonchev–Trinajstić information content (AvgIpc) is 3.10. The Hall–Kier alpha value is -1.96. The molecule has 1 amide bonds. The molecule has 0 atom stereocenters. The summed E-state index contributed by atoms with van der Waals surface area (Å²) in [5, 5.41) is 13.9. The molecule has 0 bridgehead atoms. The Bertz CT molecular complexity index is 917. The van der Waals surface area contributed by atoms with Gasteiger partial charge in [-0.25, -0.2) is 4.98 Å². The highest BCUT2D eigenvalue weighted by atomic mass is 35.5. The van der Waals surface area contributed by atoms with Crippen LogP contribution in [-0.4, -0.2) is 27.6 Å². The number of hydrogen-bond acceptors (Lipinski definition) is 5. The van der Waals surface area contributed by atoms with Crippen LogP contribution in [-0.2, 0) is 13.0 Å². The maximum atomic E-state index is 12.5. The zero-order valence-electron chi connectivity index (χ0n) is 13.4. The summed E-state index contributed by atoms with van der Waals surface area (Å²) < 4.78 is 1.09. The molecular formula is C16H18ClN5OS. The molecule has 1 aromatic carbocycles. The van der Waals surface area contributed by atoms with E-state index in [9.17, 15) is 4.79 Å². The van der Waals surface area contributed by atoms with Gasteiger partial charge in [0.2, 0.25) is 0 Å². The standard InChI is InChI=1S/C16H17N5OS.ClH/c1-8-5-9(2)13-12(6-8)23-16(18-13)19-15(22)14-10-7-17-4-3-11(10)20-21-14;/h5-6,17H,3-4,7H2,1-2H3,(H,20,21)(H,18,19,22);1H. The van der Waals surface area contributed by atoms with Crippen LogP contribution in [0.1, 0.15) is 32.9 Å². The number of benzene rings is 1. The van der Waals surface area contributed by atoms with Crippen LogP contribution in [0.25, 0.3) is 10.2 Å². The van der Waals surface area contributed by atoms with Crippen molar-refractivity contribution in [3.05, 3.63) is 40.2 Å². The Labute approximate surface area is 149 Å². The first-order chi connectivity index (χ1) is 11.1. The van der Waals surface area contributed by atoms with Gasteiger partial charge in [-0.1, -0.05) is 17.4 Å². The van der Waals surface area contributed by atoms with E-state index in [-0.39, 0.29) is 18.3 Å². The lowest BCUT2D eigenvalue weighted by Crippen LogP contribution is -2.25. The zero-order valence-corrected chi connectivity index (χ0v) is 15.0. The molecule has 0 radical (unpaired) electrons. The molecule has 1 aliphatic rings. The van der Waals surface area contributed by atoms with Gasteiger partial charge >= 0.3 is 0 Å². The van der Waals surface area contributed by atoms with E-state index in [2.05, 4.69) is 44.9 Å². The van der Waals surface area contributed by atoms with Crippen molar-refractivity contribution in [2.45, 2.75) is 26.8 Å². The quantitative estimate of drug-likeness (QED) is 0.653. The maximum absolute atomic E-state index is 12.5. The Kier molecular flexibility index (Phi) is 4.58. The Morgan fingerprint density at radius 1 is 1.33 bits per heavy atom. The van der Waals surface area contributed by atoms with E-state index in [4.69, 9.17) is 0 Å². The van der Waals surface area contributed by atoms with Gasteiger partial charge in [0.25, 0.3) is 5.91 Å². The zero-order chi connectivity index (χ0) is 16.0. The number of rotatable bonds is 2. The lowest BCUT2D eigenvalue weighted by atomic mass is 10.1. The molecule has 4 rings (SSSR count). The van der Waals surface area contributed by atoms with E-state index in [1.807, 2.05) is 6.92 Å². The third kappa shape index (κ3) is 2.90. The lowest BCUT2D eigenvalue weighted by molar-refractivity contribution is 0.102. The molecule has 3 heterocycles. The molecule has 24 heavy (non-hydrogen) atoms. The molecule has 3 N–H and O–H groups in total. The van der Waals surface area contributed by atoms with E-state index in [1.165, 1.54) is 16.9 Å². The highest BCUT2D eigenvalue weighted by molar-refractivity contribution is 7.22. The normalized spacial score (nSPS) is 13.4. The second kappa shape index (κ2) is 6.51. The number of carbonyl (C=O) groups excluding carboxylic acids is 1. The van der Waals surface area contributed by atoms with E-state index < -0.39 is 0 Å². The number of anilines is 1. The number of nitrogens with one attached hydrogen (secondary N) is 3. The fourth-order valence-corrected chi connectivity index (χ4v) is 4.03. The Morgan fingerprint density at radius 3 is 3.00 bits per heavy atom. The van der Waals surface area contributed by atoms with E-state index in [0.717, 1.165) is 40.0 Å². The fraction of sp³-hybridized carbons (Fsp3) is 0.312. The second-order valence-corrected chi connectivity index (χ2v) is 6.89. The van der Waals surface area contributed by atoms with Gasteiger partial charge < -0.3 is 5.32 Å². The van der Waals surface area contributed by atoms with Crippen LogP contribution >= 0.6 is 23.7 Å². The van der Waals surface area contributed by atoms with Crippen molar-refractivity contribution in [3.63, 3.8) is 0 Å². The van der Waals surface area contributed by atoms with Crippen molar-refractivity contribution in [2.75, 3.05) is 11.9 Å². The molecule has 2 aromatic heterocycles. The van der Waals surface area contributed by atoms with Crippen LogP contribution in [0.3, 0.4) is 0 Å². The number of hydrogen-bond donors (Lipinski definition) is 3. The van der Waals surface area contributed by atoms with Crippen molar-refractivity contribution >= 4 is 45.0 Å². The summed E-state index contributed by atoms with van der Waals surface area (Å²) in [7, 11) is 0. The summed E-state index contributed by atoms with van der Waals surface area (Å²) in [5.41, 5.74) is 5.73.